The lowest BCUT2D eigenvalue weighted by Crippen LogP contribution is -2.07. The highest BCUT2D eigenvalue weighted by Crippen LogP contribution is 2.43. The molecule has 3 rings (SSSR count). The smallest absolute Gasteiger partial charge is 0.142 e. The van der Waals surface area contributed by atoms with E-state index in [-0.39, 0.29) is 23.2 Å². The highest BCUT2D eigenvalue weighted by molar-refractivity contribution is 14.1. The first-order chi connectivity index (χ1) is 13.1. The molecule has 0 saturated carbocycles. The summed E-state index contributed by atoms with van der Waals surface area (Å²) >= 11 is 12.9. The van der Waals surface area contributed by atoms with Crippen LogP contribution in [0.4, 0.5) is 0 Å². The fourth-order valence-electron chi connectivity index (χ4n) is 2.86. The number of phenolic OH excluding ortho intramolecular Hbond substituents is 3. The SMILES string of the molecule is Oc1c(I)cc(C(c2cc(I)c(O)c(I)c2)c2cc(I)cc(I)c2O)cc1I. The van der Waals surface area contributed by atoms with E-state index < -0.39 is 0 Å². The van der Waals surface area contributed by atoms with Gasteiger partial charge < -0.3 is 15.3 Å². The molecule has 0 bridgehead atoms. The third kappa shape index (κ3) is 5.08. The fraction of sp³-hybridized carbons (Fsp3) is 0.0526. The Bertz CT molecular complexity index is 980. The lowest BCUT2D eigenvalue weighted by molar-refractivity contribution is 0.462. The molecule has 0 unspecified atom stereocenters. The molecule has 3 aromatic rings. The highest BCUT2D eigenvalue weighted by atomic mass is 127. The van der Waals surface area contributed by atoms with Gasteiger partial charge in [-0.25, -0.2) is 0 Å². The molecule has 28 heavy (non-hydrogen) atoms. The standard InChI is InChI=1S/C19H10I6O3/c20-9-5-10(17(26)15(25)6-9)16(7-1-11(21)18(27)12(22)2-7)8-3-13(23)19(28)14(24)4-8/h1-6,16,26-28H. The lowest BCUT2D eigenvalue weighted by Gasteiger charge is -2.23. The fourth-order valence-corrected chi connectivity index (χ4v) is 8.38. The molecule has 3 nitrogen and oxygen atoms in total. The van der Waals surface area contributed by atoms with E-state index in [1.54, 1.807) is 0 Å². The molecule has 0 heterocycles. The minimum absolute atomic E-state index is 0.242. The maximum absolute atomic E-state index is 10.9. The van der Waals surface area contributed by atoms with Gasteiger partial charge in [0.15, 0.2) is 0 Å². The van der Waals surface area contributed by atoms with Crippen molar-refractivity contribution in [3.63, 3.8) is 0 Å². The Morgan fingerprint density at radius 2 is 0.857 bits per heavy atom. The van der Waals surface area contributed by atoms with Gasteiger partial charge >= 0.3 is 0 Å². The first kappa shape index (κ1) is 24.1. The maximum atomic E-state index is 10.9. The van der Waals surface area contributed by atoms with Crippen LogP contribution in [0.3, 0.4) is 0 Å². The summed E-state index contributed by atoms with van der Waals surface area (Å²) in [5.74, 6) is 0.538. The van der Waals surface area contributed by atoms with E-state index in [2.05, 4.69) is 136 Å². The predicted octanol–water partition coefficient (Wildman–Crippen LogP) is 7.61. The molecule has 0 fully saturated rings. The van der Waals surface area contributed by atoms with Crippen LogP contribution in [-0.2, 0) is 0 Å². The van der Waals surface area contributed by atoms with Gasteiger partial charge in [0.2, 0.25) is 0 Å². The second kappa shape index (κ2) is 9.93. The van der Waals surface area contributed by atoms with E-state index in [1.807, 2.05) is 36.4 Å². The number of aromatic hydroxyl groups is 3. The van der Waals surface area contributed by atoms with Gasteiger partial charge in [-0.3, -0.25) is 0 Å². The molecule has 3 N–H and O–H groups in total. The number of phenols is 3. The molecule has 0 amide bonds. The third-order valence-corrected chi connectivity index (χ3v) is 8.85. The number of rotatable bonds is 3. The van der Waals surface area contributed by atoms with E-state index in [4.69, 9.17) is 0 Å². The van der Waals surface area contributed by atoms with Crippen LogP contribution in [0.25, 0.3) is 0 Å². The van der Waals surface area contributed by atoms with Gasteiger partial charge in [-0.15, -0.1) is 0 Å². The monoisotopic (exact) mass is 1050 g/mol. The predicted molar refractivity (Wildman–Crippen MR) is 162 cm³/mol. The van der Waals surface area contributed by atoms with Crippen molar-refractivity contribution in [2.75, 3.05) is 0 Å². The molecule has 0 aliphatic carbocycles. The van der Waals surface area contributed by atoms with Gasteiger partial charge in [-0.1, -0.05) is 0 Å². The lowest BCUT2D eigenvalue weighted by atomic mass is 9.84. The molecule has 3 aromatic carbocycles. The summed E-state index contributed by atoms with van der Waals surface area (Å²) in [6.45, 7) is 0. The average molecular weight is 1050 g/mol. The molecular formula is C19H10I6O3. The Hall–Kier alpha value is 1.44. The van der Waals surface area contributed by atoms with Crippen LogP contribution in [0.1, 0.15) is 22.6 Å². The summed E-state index contributed by atoms with van der Waals surface area (Å²) in [4.78, 5) is 0. The number of benzene rings is 3. The summed E-state index contributed by atoms with van der Waals surface area (Å²) < 4.78 is 4.85. The van der Waals surface area contributed by atoms with Crippen LogP contribution >= 0.6 is 136 Å². The van der Waals surface area contributed by atoms with Crippen molar-refractivity contribution in [3.05, 3.63) is 74.5 Å². The first-order valence-corrected chi connectivity index (χ1v) is 14.1. The van der Waals surface area contributed by atoms with Crippen LogP contribution in [0.5, 0.6) is 17.2 Å². The van der Waals surface area contributed by atoms with E-state index in [0.29, 0.717) is 0 Å². The first-order valence-electron chi connectivity index (χ1n) is 7.63. The van der Waals surface area contributed by atoms with E-state index in [0.717, 1.165) is 38.1 Å². The van der Waals surface area contributed by atoms with Crippen molar-refractivity contribution in [3.8, 4) is 17.2 Å². The normalized spacial score (nSPS) is 11.2. The van der Waals surface area contributed by atoms with Crippen LogP contribution < -0.4 is 0 Å². The van der Waals surface area contributed by atoms with E-state index >= 15 is 0 Å². The van der Waals surface area contributed by atoms with Crippen molar-refractivity contribution in [1.82, 2.24) is 0 Å². The molecule has 146 valence electrons. The van der Waals surface area contributed by atoms with Crippen LogP contribution in [0.2, 0.25) is 0 Å². The molecule has 0 aromatic heterocycles. The molecule has 0 spiro atoms. The Labute approximate surface area is 244 Å². The summed E-state index contributed by atoms with van der Waals surface area (Å²) in [7, 11) is 0. The highest BCUT2D eigenvalue weighted by Gasteiger charge is 2.25. The number of halogens is 6. The second-order valence-electron chi connectivity index (χ2n) is 5.92. The van der Waals surface area contributed by atoms with Crippen molar-refractivity contribution in [2.45, 2.75) is 5.92 Å². The quantitative estimate of drug-likeness (QED) is 0.187. The largest absolute Gasteiger partial charge is 0.507 e. The molecule has 0 radical (unpaired) electrons. The van der Waals surface area contributed by atoms with Crippen LogP contribution in [0.15, 0.2) is 36.4 Å². The van der Waals surface area contributed by atoms with Crippen LogP contribution in [-0.4, -0.2) is 15.3 Å². The molecule has 0 aliphatic rings. The molecule has 0 aliphatic heterocycles. The Morgan fingerprint density at radius 1 is 0.500 bits per heavy atom. The van der Waals surface area contributed by atoms with Gasteiger partial charge in [0.05, 0.1) is 17.9 Å². The third-order valence-electron chi connectivity index (χ3n) is 4.11. The maximum Gasteiger partial charge on any atom is 0.142 e. The number of hydrogen-bond donors (Lipinski definition) is 3. The van der Waals surface area contributed by atoms with E-state index in [9.17, 15) is 15.3 Å². The molecule has 9 heteroatoms. The van der Waals surface area contributed by atoms with Crippen LogP contribution in [0, 0.1) is 21.4 Å². The zero-order valence-corrected chi connectivity index (χ0v) is 26.6. The molecular weight excluding hydrogens is 1040 g/mol. The Kier molecular flexibility index (Phi) is 8.54. The van der Waals surface area contributed by atoms with Gasteiger partial charge in [0, 0.05) is 15.1 Å². The summed E-state index contributed by atoms with van der Waals surface area (Å²) in [6, 6.07) is 11.7. The molecule has 0 saturated heterocycles. The zero-order chi connectivity index (χ0) is 20.7. The number of hydrogen-bond acceptors (Lipinski definition) is 3. The van der Waals surface area contributed by atoms with Gasteiger partial charge in [-0.2, -0.15) is 0 Å². The van der Waals surface area contributed by atoms with Crippen molar-refractivity contribution in [2.24, 2.45) is 0 Å². The van der Waals surface area contributed by atoms with Crippen molar-refractivity contribution in [1.29, 1.82) is 0 Å². The van der Waals surface area contributed by atoms with Crippen molar-refractivity contribution >= 4 is 136 Å². The zero-order valence-electron chi connectivity index (χ0n) is 13.7. The van der Waals surface area contributed by atoms with Gasteiger partial charge in [0.1, 0.15) is 17.2 Å². The molecule has 0 atom stereocenters. The van der Waals surface area contributed by atoms with Gasteiger partial charge in [-0.05, 0) is 183 Å². The topological polar surface area (TPSA) is 60.7 Å². The summed E-state index contributed by atoms with van der Waals surface area (Å²) in [6.07, 6.45) is 0. The summed E-state index contributed by atoms with van der Waals surface area (Å²) in [5, 5.41) is 31.3. The minimum atomic E-state index is -0.242. The summed E-state index contributed by atoms with van der Waals surface area (Å²) in [5.41, 5.74) is 2.74. The van der Waals surface area contributed by atoms with Gasteiger partial charge in [0.25, 0.3) is 0 Å². The Morgan fingerprint density at radius 3 is 1.25 bits per heavy atom. The van der Waals surface area contributed by atoms with E-state index in [1.165, 1.54) is 0 Å². The average Bonchev–Trinajstić information content (AvgIpc) is 2.61. The second-order valence-corrected chi connectivity index (χ2v) is 13.0. The minimum Gasteiger partial charge on any atom is -0.507 e. The van der Waals surface area contributed by atoms with Crippen molar-refractivity contribution < 1.29 is 15.3 Å². The Balaban J connectivity index is 2.36.